The van der Waals surface area contributed by atoms with Gasteiger partial charge in [0.15, 0.2) is 0 Å². The van der Waals surface area contributed by atoms with Gasteiger partial charge < -0.3 is 15.2 Å². The number of imidazole rings is 1. The molecule has 6 heteroatoms. The van der Waals surface area contributed by atoms with Crippen LogP contribution in [0.5, 0.6) is 0 Å². The maximum Gasteiger partial charge on any atom is 0.255 e. The van der Waals surface area contributed by atoms with Crippen LogP contribution in [0.3, 0.4) is 0 Å². The second-order valence-electron chi connectivity index (χ2n) is 8.96. The summed E-state index contributed by atoms with van der Waals surface area (Å²) in [5.41, 5.74) is 6.09. The fraction of sp³-hybridized carbons (Fsp3) is 0.100. The molecule has 5 aromatic rings. The zero-order valence-electron chi connectivity index (χ0n) is 19.5. The zero-order valence-corrected chi connectivity index (χ0v) is 19.5. The number of fused-ring (bicyclic) bond motifs is 2. The molecule has 0 aliphatic carbocycles. The van der Waals surface area contributed by atoms with Gasteiger partial charge in [0.25, 0.3) is 5.91 Å². The molecule has 1 aromatic heterocycles. The van der Waals surface area contributed by atoms with E-state index < -0.39 is 6.04 Å². The average molecular weight is 473 g/mol. The third kappa shape index (κ3) is 4.14. The maximum absolute atomic E-state index is 13.5. The maximum atomic E-state index is 13.5. The summed E-state index contributed by atoms with van der Waals surface area (Å²) in [6.07, 6.45) is 0.434. The highest BCUT2D eigenvalue weighted by Crippen LogP contribution is 2.27. The number of para-hydroxylation sites is 2. The number of carbonyl (C=O) groups excluding carboxylic acids is 2. The summed E-state index contributed by atoms with van der Waals surface area (Å²) in [7, 11) is 0. The molecule has 2 amide bonds. The number of amides is 2. The number of nitrogens with one attached hydrogen (secondary N) is 2. The second-order valence-corrected chi connectivity index (χ2v) is 8.96. The van der Waals surface area contributed by atoms with Crippen molar-refractivity contribution >= 4 is 28.5 Å². The third-order valence-corrected chi connectivity index (χ3v) is 6.62. The molecule has 1 aliphatic heterocycles. The number of carbonyl (C=O) groups is 2. The lowest BCUT2D eigenvalue weighted by molar-refractivity contribution is -0.120. The van der Waals surface area contributed by atoms with Crippen LogP contribution < -0.4 is 5.32 Å². The van der Waals surface area contributed by atoms with Crippen LogP contribution in [0.1, 0.15) is 21.5 Å². The van der Waals surface area contributed by atoms with Crippen LogP contribution in [0.25, 0.3) is 22.4 Å². The van der Waals surface area contributed by atoms with Crippen LogP contribution in [-0.4, -0.2) is 32.7 Å². The Bertz CT molecular complexity index is 1520. The first kappa shape index (κ1) is 21.8. The van der Waals surface area contributed by atoms with Gasteiger partial charge in [0.1, 0.15) is 11.9 Å². The molecular weight excluding hydrogens is 448 g/mol. The van der Waals surface area contributed by atoms with Crippen molar-refractivity contribution < 1.29 is 9.59 Å². The molecule has 1 aliphatic rings. The Labute approximate surface area is 208 Å². The van der Waals surface area contributed by atoms with Crippen LogP contribution in [-0.2, 0) is 17.8 Å². The molecule has 0 saturated carbocycles. The van der Waals surface area contributed by atoms with Crippen molar-refractivity contribution in [2.75, 3.05) is 5.32 Å². The fourth-order valence-corrected chi connectivity index (χ4v) is 4.74. The average Bonchev–Trinajstić information content (AvgIpc) is 3.50. The van der Waals surface area contributed by atoms with Gasteiger partial charge in [-0.1, -0.05) is 60.7 Å². The zero-order chi connectivity index (χ0) is 24.5. The second kappa shape index (κ2) is 9.15. The Balaban J connectivity index is 1.24. The highest BCUT2D eigenvalue weighted by atomic mass is 16.2. The van der Waals surface area contributed by atoms with E-state index in [1.165, 1.54) is 0 Å². The minimum absolute atomic E-state index is 0.109. The molecule has 2 N–H and O–H groups in total. The van der Waals surface area contributed by atoms with Gasteiger partial charge in [-0.25, -0.2) is 4.98 Å². The minimum Gasteiger partial charge on any atom is -0.338 e. The summed E-state index contributed by atoms with van der Waals surface area (Å²) in [4.78, 5) is 36.4. The minimum atomic E-state index is -0.637. The van der Waals surface area contributed by atoms with E-state index in [0.29, 0.717) is 24.2 Å². The van der Waals surface area contributed by atoms with E-state index >= 15 is 0 Å². The van der Waals surface area contributed by atoms with Crippen molar-refractivity contribution in [3.8, 4) is 11.4 Å². The molecule has 2 heterocycles. The highest BCUT2D eigenvalue weighted by molar-refractivity contribution is 6.03. The predicted octanol–water partition coefficient (Wildman–Crippen LogP) is 5.44. The lowest BCUT2D eigenvalue weighted by atomic mass is 10.0. The van der Waals surface area contributed by atoms with E-state index in [1.807, 2.05) is 103 Å². The lowest BCUT2D eigenvalue weighted by Gasteiger charge is -2.27. The quantitative estimate of drug-likeness (QED) is 0.346. The summed E-state index contributed by atoms with van der Waals surface area (Å²) in [5, 5.41) is 3.03. The molecule has 0 unspecified atom stereocenters. The number of benzene rings is 4. The summed E-state index contributed by atoms with van der Waals surface area (Å²) in [5.74, 6) is 0.454. The van der Waals surface area contributed by atoms with Gasteiger partial charge in [0.2, 0.25) is 5.91 Å². The van der Waals surface area contributed by atoms with Crippen molar-refractivity contribution in [3.63, 3.8) is 0 Å². The molecule has 0 saturated heterocycles. The van der Waals surface area contributed by atoms with E-state index in [1.54, 1.807) is 4.90 Å². The van der Waals surface area contributed by atoms with Gasteiger partial charge >= 0.3 is 0 Å². The Morgan fingerprint density at radius 2 is 1.61 bits per heavy atom. The molecule has 6 nitrogen and oxygen atoms in total. The first-order valence-corrected chi connectivity index (χ1v) is 11.9. The van der Waals surface area contributed by atoms with Gasteiger partial charge in [-0.3, -0.25) is 9.59 Å². The number of aromatic nitrogens is 2. The normalized spacial score (nSPS) is 13.6. The monoisotopic (exact) mass is 472 g/mol. The fourth-order valence-electron chi connectivity index (χ4n) is 4.74. The van der Waals surface area contributed by atoms with Crippen molar-refractivity contribution in [1.29, 1.82) is 0 Å². The van der Waals surface area contributed by atoms with Crippen LogP contribution in [0.2, 0.25) is 0 Å². The van der Waals surface area contributed by atoms with Gasteiger partial charge in [-0.2, -0.15) is 0 Å². The van der Waals surface area contributed by atoms with E-state index in [0.717, 1.165) is 33.5 Å². The molecule has 176 valence electrons. The Hall–Kier alpha value is -4.71. The molecule has 1 atom stereocenters. The number of nitrogens with zero attached hydrogens (tertiary/aromatic N) is 2. The molecule has 0 fully saturated rings. The van der Waals surface area contributed by atoms with Crippen LogP contribution in [0, 0.1) is 0 Å². The number of hydrogen-bond acceptors (Lipinski definition) is 3. The Kier molecular flexibility index (Phi) is 5.54. The van der Waals surface area contributed by atoms with Crippen LogP contribution >= 0.6 is 0 Å². The van der Waals surface area contributed by atoms with Gasteiger partial charge in [0, 0.05) is 29.8 Å². The molecule has 6 rings (SSSR count). The lowest BCUT2D eigenvalue weighted by Crippen LogP contribution is -2.45. The number of hydrogen-bond donors (Lipinski definition) is 2. The standard InChI is InChI=1S/C30H24N4O2/c35-29(31-23-16-14-21(15-17-23)28-32-25-12-6-7-13-26(25)33-28)27(18-20-8-2-1-3-9-20)34-19-22-10-4-5-11-24(22)30(34)36/h1-17,27H,18-19H2,(H,31,35)(H,32,33)/t27-/m0/s1. The Morgan fingerprint density at radius 1 is 0.889 bits per heavy atom. The number of rotatable bonds is 6. The van der Waals surface area contributed by atoms with Gasteiger partial charge in [0.05, 0.1) is 11.0 Å². The predicted molar refractivity (Wildman–Crippen MR) is 140 cm³/mol. The van der Waals surface area contributed by atoms with Crippen LogP contribution in [0.4, 0.5) is 5.69 Å². The van der Waals surface area contributed by atoms with Crippen molar-refractivity contribution in [2.24, 2.45) is 0 Å². The Morgan fingerprint density at radius 3 is 2.39 bits per heavy atom. The summed E-state index contributed by atoms with van der Waals surface area (Å²) in [6, 6.07) is 32.2. The SMILES string of the molecule is O=C(Nc1ccc(-c2nc3ccccc3[nH]2)cc1)[C@H](Cc1ccccc1)N1Cc2ccccc2C1=O. The van der Waals surface area contributed by atoms with Crippen LogP contribution in [0.15, 0.2) is 103 Å². The first-order chi connectivity index (χ1) is 17.7. The van der Waals surface area contributed by atoms with E-state index in [-0.39, 0.29) is 11.8 Å². The highest BCUT2D eigenvalue weighted by Gasteiger charge is 2.36. The van der Waals surface area contributed by atoms with Crippen molar-refractivity contribution in [1.82, 2.24) is 14.9 Å². The number of anilines is 1. The molecule has 0 radical (unpaired) electrons. The van der Waals surface area contributed by atoms with E-state index in [4.69, 9.17) is 0 Å². The summed E-state index contributed by atoms with van der Waals surface area (Å²) >= 11 is 0. The van der Waals surface area contributed by atoms with Gasteiger partial charge in [-0.15, -0.1) is 0 Å². The van der Waals surface area contributed by atoms with Crippen molar-refractivity contribution in [3.05, 3.63) is 120 Å². The first-order valence-electron chi connectivity index (χ1n) is 11.9. The van der Waals surface area contributed by atoms with E-state index in [2.05, 4.69) is 15.3 Å². The van der Waals surface area contributed by atoms with Crippen molar-refractivity contribution in [2.45, 2.75) is 19.0 Å². The molecule has 36 heavy (non-hydrogen) atoms. The van der Waals surface area contributed by atoms with E-state index in [9.17, 15) is 9.59 Å². The largest absolute Gasteiger partial charge is 0.338 e. The molecule has 4 aromatic carbocycles. The summed E-state index contributed by atoms with van der Waals surface area (Å²) in [6.45, 7) is 0.422. The summed E-state index contributed by atoms with van der Waals surface area (Å²) < 4.78 is 0. The topological polar surface area (TPSA) is 78.1 Å². The molecular formula is C30H24N4O2. The third-order valence-electron chi connectivity index (χ3n) is 6.62. The van der Waals surface area contributed by atoms with Gasteiger partial charge in [-0.05, 0) is 53.6 Å². The molecule has 0 spiro atoms. The number of H-pyrrole nitrogens is 1. The smallest absolute Gasteiger partial charge is 0.255 e. The molecule has 0 bridgehead atoms. The number of aromatic amines is 1.